The lowest BCUT2D eigenvalue weighted by Gasteiger charge is -2.24. The van der Waals surface area contributed by atoms with Gasteiger partial charge in [-0.05, 0) is 64.7 Å². The lowest BCUT2D eigenvalue weighted by molar-refractivity contribution is 0.664. The van der Waals surface area contributed by atoms with E-state index in [-0.39, 0.29) is 11.0 Å². The van der Waals surface area contributed by atoms with Crippen LogP contribution in [0.25, 0.3) is 77.2 Å². The lowest BCUT2D eigenvalue weighted by Crippen LogP contribution is -2.16. The molecule has 0 saturated heterocycles. The van der Waals surface area contributed by atoms with Crippen molar-refractivity contribution in [2.45, 2.75) is 19.3 Å². The highest BCUT2D eigenvalue weighted by Crippen LogP contribution is 2.53. The standard InChI is InChI=1S/C49H28N6/c1-49(2)41-15-7-3-11-33(41)37-19-20-38-36-14-6-10-18-44(36)55(48(38)47(37)49)46-24-30(26-51)40(22-32(46)28-53)39-21-31(27-52)45(23-29(39)25-50)54-42-16-8-4-12-34(42)35-13-5-9-17-43(35)54/h3-24H,1-2H3. The van der Waals surface area contributed by atoms with Gasteiger partial charge >= 0.3 is 0 Å². The van der Waals surface area contributed by atoms with Crippen LogP contribution in [-0.2, 0) is 5.41 Å². The molecule has 2 heterocycles. The highest BCUT2D eigenvalue weighted by molar-refractivity contribution is 6.13. The normalized spacial score (nSPS) is 12.6. The van der Waals surface area contributed by atoms with E-state index in [2.05, 4.69) is 103 Å². The first-order valence-corrected chi connectivity index (χ1v) is 18.0. The number of aromatic nitrogens is 2. The predicted molar refractivity (Wildman–Crippen MR) is 217 cm³/mol. The summed E-state index contributed by atoms with van der Waals surface area (Å²) in [5.41, 5.74) is 11.4. The Morgan fingerprint density at radius 3 is 1.42 bits per heavy atom. The molecule has 0 aliphatic heterocycles. The quantitative estimate of drug-likeness (QED) is 0.183. The fraction of sp³-hybridized carbons (Fsp3) is 0.0612. The number of rotatable bonds is 3. The van der Waals surface area contributed by atoms with Gasteiger partial charge in [-0.1, -0.05) is 105 Å². The Balaban J connectivity index is 1.24. The van der Waals surface area contributed by atoms with Crippen molar-refractivity contribution in [2.24, 2.45) is 0 Å². The van der Waals surface area contributed by atoms with Gasteiger partial charge in [-0.3, -0.25) is 0 Å². The van der Waals surface area contributed by atoms with E-state index in [1.807, 2.05) is 53.1 Å². The molecule has 9 aromatic rings. The third kappa shape index (κ3) is 4.26. The second kappa shape index (κ2) is 11.6. The topological polar surface area (TPSA) is 105 Å². The van der Waals surface area contributed by atoms with Crippen molar-refractivity contribution in [3.05, 3.63) is 167 Å². The Morgan fingerprint density at radius 1 is 0.418 bits per heavy atom. The zero-order valence-electron chi connectivity index (χ0n) is 29.9. The second-order valence-corrected chi connectivity index (χ2v) is 14.6. The zero-order valence-corrected chi connectivity index (χ0v) is 29.9. The molecule has 6 nitrogen and oxygen atoms in total. The van der Waals surface area contributed by atoms with Crippen molar-refractivity contribution in [1.82, 2.24) is 9.13 Å². The van der Waals surface area contributed by atoms with E-state index in [0.717, 1.165) is 49.2 Å². The average Bonchev–Trinajstić information content (AvgIpc) is 3.83. The number of benzene rings is 7. The largest absolute Gasteiger partial charge is 0.308 e. The lowest BCUT2D eigenvalue weighted by atomic mass is 9.81. The van der Waals surface area contributed by atoms with Crippen LogP contribution >= 0.6 is 0 Å². The molecule has 0 unspecified atom stereocenters. The van der Waals surface area contributed by atoms with Crippen LogP contribution in [0.1, 0.15) is 47.2 Å². The first kappa shape index (κ1) is 31.8. The van der Waals surface area contributed by atoms with E-state index in [9.17, 15) is 21.0 Å². The van der Waals surface area contributed by atoms with Crippen molar-refractivity contribution >= 4 is 43.6 Å². The number of nitriles is 4. The molecule has 6 heteroatoms. The van der Waals surface area contributed by atoms with Crippen LogP contribution < -0.4 is 0 Å². The monoisotopic (exact) mass is 700 g/mol. The van der Waals surface area contributed by atoms with Crippen molar-refractivity contribution < 1.29 is 0 Å². The van der Waals surface area contributed by atoms with Gasteiger partial charge < -0.3 is 9.13 Å². The van der Waals surface area contributed by atoms with Gasteiger partial charge in [0.25, 0.3) is 0 Å². The SMILES string of the molecule is CC1(C)c2ccccc2-c2ccc3c4ccccc4n(-c4cc(C#N)c(-c5cc(C#N)c(-n6c7ccccc7c7ccccc76)cc5C#N)cc4C#N)c3c21. The first-order valence-electron chi connectivity index (χ1n) is 18.0. The summed E-state index contributed by atoms with van der Waals surface area (Å²) >= 11 is 0. The van der Waals surface area contributed by atoms with Gasteiger partial charge in [-0.15, -0.1) is 0 Å². The molecular weight excluding hydrogens is 673 g/mol. The summed E-state index contributed by atoms with van der Waals surface area (Å²) in [7, 11) is 0. The first-order chi connectivity index (χ1) is 26.9. The molecule has 0 N–H and O–H groups in total. The Hall–Kier alpha value is -7.90. The molecule has 0 amide bonds. The number of hydrogen-bond acceptors (Lipinski definition) is 4. The highest BCUT2D eigenvalue weighted by atomic mass is 15.0. The summed E-state index contributed by atoms with van der Waals surface area (Å²) in [6.45, 7) is 4.49. The molecule has 0 spiro atoms. The van der Waals surface area contributed by atoms with Crippen LogP contribution in [-0.4, -0.2) is 9.13 Å². The van der Waals surface area contributed by atoms with E-state index in [1.165, 1.54) is 16.7 Å². The van der Waals surface area contributed by atoms with Gasteiger partial charge in [-0.25, -0.2) is 0 Å². The molecule has 55 heavy (non-hydrogen) atoms. The van der Waals surface area contributed by atoms with Gasteiger partial charge in [0.15, 0.2) is 0 Å². The predicted octanol–water partition coefficient (Wildman–Crippen LogP) is 11.3. The molecule has 254 valence electrons. The minimum atomic E-state index is -0.337. The smallest absolute Gasteiger partial charge is 0.101 e. The summed E-state index contributed by atoms with van der Waals surface area (Å²) < 4.78 is 4.15. The summed E-state index contributed by atoms with van der Waals surface area (Å²) in [6.07, 6.45) is 0. The Labute approximate surface area is 316 Å². The highest BCUT2D eigenvalue weighted by Gasteiger charge is 2.38. The Morgan fingerprint density at radius 2 is 0.873 bits per heavy atom. The second-order valence-electron chi connectivity index (χ2n) is 14.6. The number of para-hydroxylation sites is 3. The minimum absolute atomic E-state index is 0.290. The molecule has 0 bridgehead atoms. The fourth-order valence-electron chi connectivity index (χ4n) is 9.10. The van der Waals surface area contributed by atoms with Crippen molar-refractivity contribution in [1.29, 1.82) is 21.0 Å². The van der Waals surface area contributed by atoms with Crippen LogP contribution in [0.5, 0.6) is 0 Å². The molecule has 0 fully saturated rings. The number of nitrogens with zero attached hydrogens (tertiary/aromatic N) is 6. The summed E-state index contributed by atoms with van der Waals surface area (Å²) in [5.74, 6) is 0. The van der Waals surface area contributed by atoms with Crippen LogP contribution in [0, 0.1) is 45.3 Å². The molecule has 0 atom stereocenters. The summed E-state index contributed by atoms with van der Waals surface area (Å²) in [5, 5.41) is 47.1. The van der Waals surface area contributed by atoms with Crippen LogP contribution in [0.3, 0.4) is 0 Å². The van der Waals surface area contributed by atoms with Gasteiger partial charge in [0.2, 0.25) is 0 Å². The molecule has 2 aromatic heterocycles. The van der Waals surface area contributed by atoms with Crippen LogP contribution in [0.15, 0.2) is 133 Å². The van der Waals surface area contributed by atoms with E-state index >= 15 is 0 Å². The van der Waals surface area contributed by atoms with Crippen molar-refractivity contribution in [3.63, 3.8) is 0 Å². The third-order valence-corrected chi connectivity index (χ3v) is 11.5. The van der Waals surface area contributed by atoms with E-state index in [4.69, 9.17) is 0 Å². The third-order valence-electron chi connectivity index (χ3n) is 11.5. The van der Waals surface area contributed by atoms with Gasteiger partial charge in [0.1, 0.15) is 12.1 Å². The summed E-state index contributed by atoms with van der Waals surface area (Å²) in [6, 6.07) is 53.5. The van der Waals surface area contributed by atoms with E-state index in [0.29, 0.717) is 39.2 Å². The van der Waals surface area contributed by atoms with E-state index in [1.54, 1.807) is 24.3 Å². The molecule has 0 radical (unpaired) electrons. The van der Waals surface area contributed by atoms with E-state index < -0.39 is 0 Å². The molecule has 1 aliphatic rings. The van der Waals surface area contributed by atoms with Gasteiger partial charge in [0.05, 0.1) is 67.8 Å². The average molecular weight is 701 g/mol. The maximum atomic E-state index is 10.9. The Bertz CT molecular complexity index is 3290. The number of hydrogen-bond donors (Lipinski definition) is 0. The maximum Gasteiger partial charge on any atom is 0.101 e. The minimum Gasteiger partial charge on any atom is -0.308 e. The Kier molecular flexibility index (Phi) is 6.68. The van der Waals surface area contributed by atoms with Crippen molar-refractivity contribution in [2.75, 3.05) is 0 Å². The molecule has 10 rings (SSSR count). The molecule has 7 aromatic carbocycles. The summed E-state index contributed by atoms with van der Waals surface area (Å²) in [4.78, 5) is 0. The van der Waals surface area contributed by atoms with Gasteiger partial charge in [0, 0.05) is 38.1 Å². The molecular formula is C49H28N6. The van der Waals surface area contributed by atoms with Crippen LogP contribution in [0.4, 0.5) is 0 Å². The molecule has 0 saturated carbocycles. The molecule has 1 aliphatic carbocycles. The zero-order chi connectivity index (χ0) is 37.6. The fourth-order valence-corrected chi connectivity index (χ4v) is 9.10. The van der Waals surface area contributed by atoms with Crippen molar-refractivity contribution in [3.8, 4) is 57.9 Å². The van der Waals surface area contributed by atoms with Gasteiger partial charge in [-0.2, -0.15) is 21.0 Å². The number of fused-ring (bicyclic) bond motifs is 10. The maximum absolute atomic E-state index is 10.9. The van der Waals surface area contributed by atoms with Crippen LogP contribution in [0.2, 0.25) is 0 Å².